The van der Waals surface area contributed by atoms with Crippen LogP contribution in [0.4, 0.5) is 5.82 Å². The highest BCUT2D eigenvalue weighted by Crippen LogP contribution is 2.37. The molecule has 1 saturated carbocycles. The molecule has 1 heterocycles. The second-order valence-corrected chi connectivity index (χ2v) is 5.60. The van der Waals surface area contributed by atoms with Gasteiger partial charge in [-0.05, 0) is 33.4 Å². The Kier molecular flexibility index (Phi) is 4.07. The standard InChI is InChI=1S/C13H21ClN4/c1-17(2)13(5-4-6-13)10-18(3)12-9-15-8-11(7-14)16-12/h8-9H,4-7,10H2,1-3H3. The summed E-state index contributed by atoms with van der Waals surface area (Å²) in [4.78, 5) is 13.2. The van der Waals surface area contributed by atoms with Crippen molar-refractivity contribution in [3.8, 4) is 0 Å². The van der Waals surface area contributed by atoms with Gasteiger partial charge in [0, 0.05) is 25.3 Å². The maximum Gasteiger partial charge on any atom is 0.147 e. The van der Waals surface area contributed by atoms with E-state index in [4.69, 9.17) is 11.6 Å². The summed E-state index contributed by atoms with van der Waals surface area (Å²) in [6.45, 7) is 0.987. The van der Waals surface area contributed by atoms with Crippen LogP contribution in [0.5, 0.6) is 0 Å². The van der Waals surface area contributed by atoms with Gasteiger partial charge < -0.3 is 9.80 Å². The van der Waals surface area contributed by atoms with Gasteiger partial charge >= 0.3 is 0 Å². The zero-order valence-corrected chi connectivity index (χ0v) is 12.1. The van der Waals surface area contributed by atoms with E-state index < -0.39 is 0 Å². The first-order chi connectivity index (χ1) is 8.57. The number of halogens is 1. The van der Waals surface area contributed by atoms with Crippen LogP contribution in [0.3, 0.4) is 0 Å². The number of likely N-dealkylation sites (N-methyl/N-ethyl adjacent to an activating group) is 2. The number of anilines is 1. The molecule has 100 valence electrons. The minimum atomic E-state index is 0.299. The van der Waals surface area contributed by atoms with E-state index in [0.717, 1.165) is 18.1 Å². The van der Waals surface area contributed by atoms with Gasteiger partial charge in [0.15, 0.2) is 0 Å². The maximum atomic E-state index is 5.80. The molecule has 0 amide bonds. The molecule has 0 spiro atoms. The van der Waals surface area contributed by atoms with Gasteiger partial charge in [-0.25, -0.2) is 4.98 Å². The van der Waals surface area contributed by atoms with Crippen molar-refractivity contribution in [1.29, 1.82) is 0 Å². The Labute approximate surface area is 114 Å². The van der Waals surface area contributed by atoms with E-state index in [1.165, 1.54) is 19.3 Å². The molecule has 0 bridgehead atoms. The molecule has 5 heteroatoms. The molecule has 0 saturated heterocycles. The predicted octanol–water partition coefficient (Wildman–Crippen LogP) is 2.14. The van der Waals surface area contributed by atoms with Gasteiger partial charge in [-0.3, -0.25) is 4.98 Å². The zero-order chi connectivity index (χ0) is 13.2. The molecule has 1 aliphatic carbocycles. The topological polar surface area (TPSA) is 32.3 Å². The minimum absolute atomic E-state index is 0.299. The van der Waals surface area contributed by atoms with Crippen LogP contribution in [-0.4, -0.2) is 48.1 Å². The van der Waals surface area contributed by atoms with Crippen molar-refractivity contribution in [2.24, 2.45) is 0 Å². The molecule has 18 heavy (non-hydrogen) atoms. The summed E-state index contributed by atoms with van der Waals surface area (Å²) in [6.07, 6.45) is 7.35. The van der Waals surface area contributed by atoms with Crippen molar-refractivity contribution in [3.63, 3.8) is 0 Å². The molecule has 2 rings (SSSR count). The van der Waals surface area contributed by atoms with Crippen LogP contribution < -0.4 is 4.90 Å². The summed E-state index contributed by atoms with van der Waals surface area (Å²) >= 11 is 5.80. The Bertz CT molecular complexity index is 404. The van der Waals surface area contributed by atoms with Gasteiger partial charge in [-0.2, -0.15) is 0 Å². The summed E-state index contributed by atoms with van der Waals surface area (Å²) in [5.74, 6) is 1.31. The predicted molar refractivity (Wildman–Crippen MR) is 75.1 cm³/mol. The smallest absolute Gasteiger partial charge is 0.147 e. The fourth-order valence-electron chi connectivity index (χ4n) is 2.50. The van der Waals surface area contributed by atoms with E-state index >= 15 is 0 Å². The van der Waals surface area contributed by atoms with E-state index in [9.17, 15) is 0 Å². The second kappa shape index (κ2) is 5.41. The fraction of sp³-hybridized carbons (Fsp3) is 0.692. The van der Waals surface area contributed by atoms with Crippen LogP contribution >= 0.6 is 11.6 Å². The van der Waals surface area contributed by atoms with Crippen molar-refractivity contribution >= 4 is 17.4 Å². The Morgan fingerprint density at radius 2 is 2.00 bits per heavy atom. The van der Waals surface area contributed by atoms with Crippen LogP contribution in [0, 0.1) is 0 Å². The van der Waals surface area contributed by atoms with Gasteiger partial charge in [0.2, 0.25) is 0 Å². The number of rotatable bonds is 5. The molecule has 1 aliphatic rings. The fourth-order valence-corrected chi connectivity index (χ4v) is 2.63. The summed E-state index contributed by atoms with van der Waals surface area (Å²) in [6, 6.07) is 0. The molecule has 1 aromatic rings. The Balaban J connectivity index is 2.09. The number of alkyl halides is 1. The highest BCUT2D eigenvalue weighted by atomic mass is 35.5. The first-order valence-electron chi connectivity index (χ1n) is 6.33. The molecule has 1 aromatic heterocycles. The highest BCUT2D eigenvalue weighted by Gasteiger charge is 2.40. The van der Waals surface area contributed by atoms with Crippen molar-refractivity contribution in [2.75, 3.05) is 32.6 Å². The van der Waals surface area contributed by atoms with Crippen LogP contribution in [-0.2, 0) is 5.88 Å². The third-order valence-electron chi connectivity index (χ3n) is 3.96. The second-order valence-electron chi connectivity index (χ2n) is 5.33. The number of hydrogen-bond acceptors (Lipinski definition) is 4. The summed E-state index contributed by atoms with van der Waals surface area (Å²) in [5, 5.41) is 0. The first-order valence-corrected chi connectivity index (χ1v) is 6.86. The van der Waals surface area contributed by atoms with Gasteiger partial charge in [0.05, 0.1) is 17.8 Å². The van der Waals surface area contributed by atoms with Crippen LogP contribution in [0.2, 0.25) is 0 Å². The van der Waals surface area contributed by atoms with Gasteiger partial charge in [-0.15, -0.1) is 11.6 Å². The van der Waals surface area contributed by atoms with E-state index in [-0.39, 0.29) is 0 Å². The third kappa shape index (κ3) is 2.59. The number of aromatic nitrogens is 2. The van der Waals surface area contributed by atoms with E-state index in [1.807, 2.05) is 0 Å². The van der Waals surface area contributed by atoms with Gasteiger partial charge in [0.1, 0.15) is 5.82 Å². The average Bonchev–Trinajstić information content (AvgIpc) is 2.33. The van der Waals surface area contributed by atoms with E-state index in [2.05, 4.69) is 40.9 Å². The quantitative estimate of drug-likeness (QED) is 0.766. The first kappa shape index (κ1) is 13.6. The molecular weight excluding hydrogens is 248 g/mol. The van der Waals surface area contributed by atoms with Crippen LogP contribution in [0.25, 0.3) is 0 Å². The molecule has 0 aromatic carbocycles. The largest absolute Gasteiger partial charge is 0.357 e. The molecule has 4 nitrogen and oxygen atoms in total. The van der Waals surface area contributed by atoms with Crippen LogP contribution in [0.1, 0.15) is 25.0 Å². The Morgan fingerprint density at radius 3 is 2.50 bits per heavy atom. The normalized spacial score (nSPS) is 17.6. The van der Waals surface area contributed by atoms with Crippen molar-refractivity contribution in [1.82, 2.24) is 14.9 Å². The lowest BCUT2D eigenvalue weighted by molar-refractivity contribution is 0.0681. The molecular formula is C13H21ClN4. The summed E-state index contributed by atoms with van der Waals surface area (Å²) in [7, 11) is 6.40. The molecule has 1 fully saturated rings. The van der Waals surface area contributed by atoms with E-state index in [1.54, 1.807) is 12.4 Å². The maximum absolute atomic E-state index is 5.80. The monoisotopic (exact) mass is 268 g/mol. The number of nitrogens with zero attached hydrogens (tertiary/aromatic N) is 4. The van der Waals surface area contributed by atoms with Crippen molar-refractivity contribution < 1.29 is 0 Å². The lowest BCUT2D eigenvalue weighted by Crippen LogP contribution is -2.56. The minimum Gasteiger partial charge on any atom is -0.357 e. The highest BCUT2D eigenvalue weighted by molar-refractivity contribution is 6.16. The van der Waals surface area contributed by atoms with Crippen molar-refractivity contribution in [3.05, 3.63) is 18.1 Å². The molecule has 0 N–H and O–H groups in total. The lowest BCUT2D eigenvalue weighted by atomic mass is 9.75. The molecule has 0 radical (unpaired) electrons. The zero-order valence-electron chi connectivity index (χ0n) is 11.4. The van der Waals surface area contributed by atoms with Gasteiger partial charge in [-0.1, -0.05) is 0 Å². The lowest BCUT2D eigenvalue weighted by Gasteiger charge is -2.49. The van der Waals surface area contributed by atoms with E-state index in [0.29, 0.717) is 11.4 Å². The van der Waals surface area contributed by atoms with Crippen molar-refractivity contribution in [2.45, 2.75) is 30.7 Å². The molecule has 0 atom stereocenters. The Hall–Kier alpha value is -0.870. The summed E-state index contributed by atoms with van der Waals surface area (Å²) in [5.41, 5.74) is 1.13. The SMILES string of the molecule is CN(CC1(N(C)C)CCC1)c1cncc(CCl)n1. The molecule has 0 unspecified atom stereocenters. The molecule has 0 aliphatic heterocycles. The van der Waals surface area contributed by atoms with Gasteiger partial charge in [0.25, 0.3) is 0 Å². The third-order valence-corrected chi connectivity index (χ3v) is 4.24. The average molecular weight is 269 g/mol. The summed E-state index contributed by atoms with van der Waals surface area (Å²) < 4.78 is 0. The Morgan fingerprint density at radius 1 is 1.28 bits per heavy atom. The number of hydrogen-bond donors (Lipinski definition) is 0. The van der Waals surface area contributed by atoms with Crippen LogP contribution in [0.15, 0.2) is 12.4 Å².